The maximum Gasteiger partial charge on any atom is 0.207 e. The van der Waals surface area contributed by atoms with E-state index in [0.29, 0.717) is 29.2 Å². The van der Waals surface area contributed by atoms with Crippen molar-refractivity contribution in [1.29, 1.82) is 0 Å². The normalized spacial score (nSPS) is 12.5. The zero-order chi connectivity index (χ0) is 16.4. The van der Waals surface area contributed by atoms with Gasteiger partial charge in [-0.15, -0.1) is 0 Å². The minimum Gasteiger partial charge on any atom is -0.315 e. The van der Waals surface area contributed by atoms with Crippen molar-refractivity contribution in [3.63, 3.8) is 0 Å². The zero-order valence-corrected chi connectivity index (χ0v) is 13.3. The number of aromatic nitrogens is 2. The molecule has 1 aromatic heterocycles. The average Bonchev–Trinajstić information content (AvgIpc) is 2.54. The van der Waals surface area contributed by atoms with Gasteiger partial charge in [0.15, 0.2) is 6.67 Å². The van der Waals surface area contributed by atoms with Crippen LogP contribution in [0.3, 0.4) is 0 Å². The third kappa shape index (κ3) is 3.25. The largest absolute Gasteiger partial charge is 0.315 e. The van der Waals surface area contributed by atoms with Crippen molar-refractivity contribution in [1.82, 2.24) is 9.78 Å². The number of hydrogen-bond donors (Lipinski definition) is 1. The maximum atomic E-state index is 13.9. The second kappa shape index (κ2) is 6.48. The Labute approximate surface area is 137 Å². The van der Waals surface area contributed by atoms with E-state index in [2.05, 4.69) is 5.10 Å². The number of benzene rings is 2. The standard InChI is InChI=1S/C17H15ClFN3O/c1-21(10-13-14(18)6-4-7-15(13)19)11-22-16-8-3-2-5-12(16)17(23)9-20-22/h2-9H,10-11H2,1H3/p+1. The van der Waals surface area contributed by atoms with E-state index in [1.54, 1.807) is 22.9 Å². The molecule has 0 spiro atoms. The number of hydrogen-bond acceptors (Lipinski definition) is 2. The highest BCUT2D eigenvalue weighted by atomic mass is 35.5. The van der Waals surface area contributed by atoms with Gasteiger partial charge in [-0.25, -0.2) is 9.07 Å². The fourth-order valence-electron chi connectivity index (χ4n) is 2.60. The molecule has 0 radical (unpaired) electrons. The van der Waals surface area contributed by atoms with Crippen LogP contribution in [0.5, 0.6) is 0 Å². The minimum atomic E-state index is -0.311. The molecule has 0 saturated heterocycles. The summed E-state index contributed by atoms with van der Waals surface area (Å²) < 4.78 is 15.6. The molecule has 1 unspecified atom stereocenters. The van der Waals surface area contributed by atoms with Gasteiger partial charge in [-0.1, -0.05) is 29.8 Å². The fraction of sp³-hybridized carbons (Fsp3) is 0.176. The molecule has 0 aliphatic carbocycles. The van der Waals surface area contributed by atoms with E-state index in [-0.39, 0.29) is 11.2 Å². The topological polar surface area (TPSA) is 39.3 Å². The van der Waals surface area contributed by atoms with Gasteiger partial charge < -0.3 is 4.90 Å². The molecule has 0 fully saturated rings. The number of quaternary nitrogens is 1. The van der Waals surface area contributed by atoms with Crippen molar-refractivity contribution >= 4 is 22.5 Å². The van der Waals surface area contributed by atoms with Crippen LogP contribution in [0, 0.1) is 5.82 Å². The summed E-state index contributed by atoms with van der Waals surface area (Å²) >= 11 is 6.08. The van der Waals surface area contributed by atoms with E-state index in [1.807, 2.05) is 25.2 Å². The van der Waals surface area contributed by atoms with Crippen LogP contribution < -0.4 is 10.3 Å². The lowest BCUT2D eigenvalue weighted by molar-refractivity contribution is -0.917. The first-order valence-electron chi connectivity index (χ1n) is 7.25. The summed E-state index contributed by atoms with van der Waals surface area (Å²) in [5.74, 6) is -0.311. The molecule has 2 aromatic carbocycles. The van der Waals surface area contributed by atoms with Gasteiger partial charge in [-0.2, -0.15) is 5.10 Å². The third-order valence-corrected chi connectivity index (χ3v) is 4.08. The quantitative estimate of drug-likeness (QED) is 0.792. The summed E-state index contributed by atoms with van der Waals surface area (Å²) in [4.78, 5) is 12.8. The van der Waals surface area contributed by atoms with Gasteiger partial charge in [-0.3, -0.25) is 4.79 Å². The second-order valence-electron chi connectivity index (χ2n) is 5.52. The van der Waals surface area contributed by atoms with Crippen LogP contribution in [-0.2, 0) is 13.2 Å². The molecular weight excluding hydrogens is 317 g/mol. The van der Waals surface area contributed by atoms with Crippen molar-refractivity contribution in [2.24, 2.45) is 0 Å². The smallest absolute Gasteiger partial charge is 0.207 e. The number of para-hydroxylation sites is 1. The lowest BCUT2D eigenvalue weighted by Crippen LogP contribution is -3.07. The molecule has 23 heavy (non-hydrogen) atoms. The van der Waals surface area contributed by atoms with Crippen molar-refractivity contribution in [2.75, 3.05) is 7.05 Å². The number of rotatable bonds is 4. The van der Waals surface area contributed by atoms with Crippen LogP contribution >= 0.6 is 11.6 Å². The van der Waals surface area contributed by atoms with E-state index in [1.165, 1.54) is 12.3 Å². The van der Waals surface area contributed by atoms with Crippen molar-refractivity contribution < 1.29 is 9.29 Å². The van der Waals surface area contributed by atoms with E-state index in [0.717, 1.165) is 10.4 Å². The number of halogens is 2. The Morgan fingerprint density at radius 2 is 2.00 bits per heavy atom. The first-order valence-corrected chi connectivity index (χ1v) is 7.63. The molecule has 0 aliphatic heterocycles. The summed E-state index contributed by atoms with van der Waals surface area (Å²) in [6.07, 6.45) is 1.31. The van der Waals surface area contributed by atoms with E-state index in [9.17, 15) is 9.18 Å². The number of fused-ring (bicyclic) bond motifs is 1. The van der Waals surface area contributed by atoms with Gasteiger partial charge in [0, 0.05) is 5.39 Å². The predicted molar refractivity (Wildman–Crippen MR) is 88.0 cm³/mol. The summed E-state index contributed by atoms with van der Waals surface area (Å²) in [7, 11) is 1.93. The Balaban J connectivity index is 1.88. The first-order chi connectivity index (χ1) is 11.1. The van der Waals surface area contributed by atoms with Gasteiger partial charge in [-0.05, 0) is 24.3 Å². The molecule has 6 heteroatoms. The lowest BCUT2D eigenvalue weighted by atomic mass is 10.2. The van der Waals surface area contributed by atoms with Gasteiger partial charge in [0.1, 0.15) is 12.4 Å². The van der Waals surface area contributed by atoms with Crippen LogP contribution in [-0.4, -0.2) is 16.8 Å². The van der Waals surface area contributed by atoms with Gasteiger partial charge in [0.05, 0.1) is 29.3 Å². The summed E-state index contributed by atoms with van der Waals surface area (Å²) in [6, 6.07) is 12.0. The SMILES string of the molecule is C[NH+](Cc1c(F)cccc1Cl)Cn1ncc(=O)c2ccccc21. The van der Waals surface area contributed by atoms with Crippen molar-refractivity contribution in [2.45, 2.75) is 13.2 Å². The number of nitrogens with zero attached hydrogens (tertiary/aromatic N) is 2. The van der Waals surface area contributed by atoms with Gasteiger partial charge in [0.25, 0.3) is 0 Å². The van der Waals surface area contributed by atoms with E-state index < -0.39 is 0 Å². The highest BCUT2D eigenvalue weighted by molar-refractivity contribution is 6.31. The Morgan fingerprint density at radius 1 is 1.22 bits per heavy atom. The molecule has 1 heterocycles. The number of nitrogens with one attached hydrogen (secondary N) is 1. The molecular formula is C17H16ClFN3O+. The molecule has 3 rings (SSSR count). The van der Waals surface area contributed by atoms with Crippen molar-refractivity contribution in [3.8, 4) is 0 Å². The summed E-state index contributed by atoms with van der Waals surface area (Å²) in [5.41, 5.74) is 1.14. The lowest BCUT2D eigenvalue weighted by Gasteiger charge is -2.17. The van der Waals surface area contributed by atoms with Crippen LogP contribution in [0.25, 0.3) is 10.9 Å². The van der Waals surface area contributed by atoms with Crippen LogP contribution in [0.1, 0.15) is 5.56 Å². The van der Waals surface area contributed by atoms with Crippen LogP contribution in [0.15, 0.2) is 53.5 Å². The molecule has 0 aliphatic rings. The molecule has 1 atom stereocenters. The van der Waals surface area contributed by atoms with E-state index >= 15 is 0 Å². The molecule has 4 nitrogen and oxygen atoms in total. The average molecular weight is 333 g/mol. The van der Waals surface area contributed by atoms with Gasteiger partial charge in [0.2, 0.25) is 5.43 Å². The molecule has 0 amide bonds. The molecule has 3 aromatic rings. The maximum absolute atomic E-state index is 13.9. The van der Waals surface area contributed by atoms with Crippen LogP contribution in [0.4, 0.5) is 4.39 Å². The third-order valence-electron chi connectivity index (χ3n) is 3.72. The summed E-state index contributed by atoms with van der Waals surface area (Å²) in [6.45, 7) is 0.916. The first kappa shape index (κ1) is 15.6. The molecule has 0 bridgehead atoms. The molecule has 118 valence electrons. The monoisotopic (exact) mass is 332 g/mol. The fourth-order valence-corrected chi connectivity index (χ4v) is 2.83. The Kier molecular flexibility index (Phi) is 4.41. The minimum absolute atomic E-state index is 0.105. The van der Waals surface area contributed by atoms with E-state index in [4.69, 9.17) is 11.6 Å². The Hall–Kier alpha value is -2.24. The Bertz CT molecular complexity index is 889. The second-order valence-corrected chi connectivity index (χ2v) is 5.92. The van der Waals surface area contributed by atoms with Crippen LogP contribution in [0.2, 0.25) is 5.02 Å². The summed E-state index contributed by atoms with van der Waals surface area (Å²) in [5, 5.41) is 5.23. The zero-order valence-electron chi connectivity index (χ0n) is 12.6. The highest BCUT2D eigenvalue weighted by Gasteiger charge is 2.14. The predicted octanol–water partition coefficient (Wildman–Crippen LogP) is 1.86. The Morgan fingerprint density at radius 3 is 2.78 bits per heavy atom. The highest BCUT2D eigenvalue weighted by Crippen LogP contribution is 2.17. The molecule has 0 saturated carbocycles. The molecule has 1 N–H and O–H groups in total. The van der Waals surface area contributed by atoms with Crippen molar-refractivity contribution in [3.05, 3.63) is 75.3 Å². The van der Waals surface area contributed by atoms with Gasteiger partial charge >= 0.3 is 0 Å².